The molecule has 0 atom stereocenters. The maximum Gasteiger partial charge on any atom is 0.161 e. The summed E-state index contributed by atoms with van der Waals surface area (Å²) in [6.45, 7) is 3.65. The Balaban J connectivity index is 1.57. The van der Waals surface area contributed by atoms with Crippen molar-refractivity contribution in [3.05, 3.63) is 71.5 Å². The molecule has 3 aromatic rings. The molecule has 0 spiro atoms. The molecular weight excluding hydrogens is 310 g/mol. The molecule has 0 amide bonds. The average molecular weight is 331 g/mol. The lowest BCUT2D eigenvalue weighted by Crippen LogP contribution is -2.18. The normalized spacial score (nSPS) is 12.9. The summed E-state index contributed by atoms with van der Waals surface area (Å²) >= 11 is 0. The minimum absolute atomic E-state index is 0.589. The fourth-order valence-electron chi connectivity index (χ4n) is 3.19. The molecule has 0 aliphatic carbocycles. The van der Waals surface area contributed by atoms with Crippen LogP contribution in [-0.2, 0) is 13.0 Å². The third-order valence-corrected chi connectivity index (χ3v) is 4.59. The number of nitrogens with zero attached hydrogens (tertiary/aromatic N) is 3. The molecule has 2 aromatic carbocycles. The van der Waals surface area contributed by atoms with Crippen molar-refractivity contribution >= 4 is 23.0 Å². The molecule has 0 saturated carbocycles. The molecule has 126 valence electrons. The van der Waals surface area contributed by atoms with E-state index in [1.54, 1.807) is 6.33 Å². The third kappa shape index (κ3) is 3.01. The first-order valence-electron chi connectivity index (χ1n) is 8.48. The number of nitrogens with one attached hydrogen (secondary N) is 1. The number of hydrogen-bond acceptors (Lipinski definition) is 5. The van der Waals surface area contributed by atoms with Crippen LogP contribution in [0.2, 0.25) is 0 Å². The van der Waals surface area contributed by atoms with E-state index >= 15 is 0 Å². The lowest BCUT2D eigenvalue weighted by molar-refractivity contribution is 0.964. The van der Waals surface area contributed by atoms with Crippen LogP contribution in [0.1, 0.15) is 16.7 Å². The molecule has 1 aromatic heterocycles. The Morgan fingerprint density at radius 3 is 2.72 bits per heavy atom. The molecule has 0 bridgehead atoms. The van der Waals surface area contributed by atoms with Crippen LogP contribution in [0, 0.1) is 6.92 Å². The summed E-state index contributed by atoms with van der Waals surface area (Å²) in [5.74, 6) is 1.45. The molecule has 3 N–H and O–H groups in total. The molecule has 1 aliphatic heterocycles. The van der Waals surface area contributed by atoms with E-state index in [9.17, 15) is 0 Å². The monoisotopic (exact) mass is 331 g/mol. The third-order valence-electron chi connectivity index (χ3n) is 4.59. The number of para-hydroxylation sites is 1. The predicted octanol–water partition coefficient (Wildman–Crippen LogP) is 3.67. The van der Waals surface area contributed by atoms with Crippen LogP contribution in [0.4, 0.5) is 23.0 Å². The molecule has 25 heavy (non-hydrogen) atoms. The van der Waals surface area contributed by atoms with Gasteiger partial charge in [0.2, 0.25) is 0 Å². The second-order valence-corrected chi connectivity index (χ2v) is 6.33. The van der Waals surface area contributed by atoms with Crippen molar-refractivity contribution in [2.24, 2.45) is 0 Å². The van der Waals surface area contributed by atoms with E-state index in [0.29, 0.717) is 18.1 Å². The summed E-state index contributed by atoms with van der Waals surface area (Å²) in [5.41, 5.74) is 11.9. The van der Waals surface area contributed by atoms with Crippen molar-refractivity contribution in [1.29, 1.82) is 0 Å². The van der Waals surface area contributed by atoms with Crippen LogP contribution in [0.3, 0.4) is 0 Å². The number of hydrogen-bond donors (Lipinski definition) is 2. The van der Waals surface area contributed by atoms with Gasteiger partial charge >= 0.3 is 0 Å². The first-order valence-corrected chi connectivity index (χ1v) is 8.48. The topological polar surface area (TPSA) is 67.1 Å². The van der Waals surface area contributed by atoms with Crippen LogP contribution < -0.4 is 16.0 Å². The van der Waals surface area contributed by atoms with E-state index in [4.69, 9.17) is 5.73 Å². The van der Waals surface area contributed by atoms with E-state index in [-0.39, 0.29) is 0 Å². The highest BCUT2D eigenvalue weighted by Gasteiger charge is 2.23. The van der Waals surface area contributed by atoms with Crippen LogP contribution in [0.15, 0.2) is 54.9 Å². The number of nitrogen functional groups attached to an aromatic ring is 1. The van der Waals surface area contributed by atoms with Crippen LogP contribution in [-0.4, -0.2) is 16.5 Å². The van der Waals surface area contributed by atoms with Gasteiger partial charge < -0.3 is 16.0 Å². The van der Waals surface area contributed by atoms with Crippen molar-refractivity contribution in [1.82, 2.24) is 9.97 Å². The highest BCUT2D eigenvalue weighted by Crippen LogP contribution is 2.37. The van der Waals surface area contributed by atoms with Crippen molar-refractivity contribution < 1.29 is 0 Å². The fourth-order valence-corrected chi connectivity index (χ4v) is 3.19. The smallest absolute Gasteiger partial charge is 0.161 e. The number of anilines is 4. The van der Waals surface area contributed by atoms with Gasteiger partial charge in [-0.25, -0.2) is 9.97 Å². The van der Waals surface area contributed by atoms with Crippen LogP contribution >= 0.6 is 0 Å². The first-order chi connectivity index (χ1) is 12.2. The predicted molar refractivity (Wildman–Crippen MR) is 102 cm³/mol. The van der Waals surface area contributed by atoms with E-state index < -0.39 is 0 Å². The first kappa shape index (κ1) is 15.4. The number of nitrogens with two attached hydrogens (primary N) is 1. The molecule has 1 aliphatic rings. The number of aromatic nitrogens is 2. The van der Waals surface area contributed by atoms with Crippen molar-refractivity contribution in [2.45, 2.75) is 19.9 Å². The molecule has 0 unspecified atom stereocenters. The number of benzene rings is 2. The van der Waals surface area contributed by atoms with E-state index in [0.717, 1.165) is 18.8 Å². The van der Waals surface area contributed by atoms with Gasteiger partial charge in [0.1, 0.15) is 12.0 Å². The zero-order chi connectivity index (χ0) is 17.2. The molecular formula is C20H21N5. The van der Waals surface area contributed by atoms with Gasteiger partial charge in [-0.05, 0) is 30.5 Å². The quantitative estimate of drug-likeness (QED) is 0.763. The summed E-state index contributed by atoms with van der Waals surface area (Å²) in [7, 11) is 0. The maximum atomic E-state index is 6.38. The van der Waals surface area contributed by atoms with E-state index in [1.165, 1.54) is 22.4 Å². The summed E-state index contributed by atoms with van der Waals surface area (Å²) in [5, 5.41) is 3.33. The standard InChI is InChI=1S/C20H21N5/c1-14-6-8-15(9-7-14)12-22-19-18(21)20(24-13-23-19)25-11-10-16-4-2-3-5-17(16)25/h2-9,13H,10-12,21H2,1H3,(H,22,23,24). The number of fused-ring (bicyclic) bond motifs is 1. The SMILES string of the molecule is Cc1ccc(CNc2ncnc(N3CCc4ccccc43)c2N)cc1. The fraction of sp³-hybridized carbons (Fsp3) is 0.200. The summed E-state index contributed by atoms with van der Waals surface area (Å²) in [6, 6.07) is 16.8. The van der Waals surface area contributed by atoms with Crippen molar-refractivity contribution in [3.8, 4) is 0 Å². The highest BCUT2D eigenvalue weighted by atomic mass is 15.2. The maximum absolute atomic E-state index is 6.38. The zero-order valence-corrected chi connectivity index (χ0v) is 14.2. The summed E-state index contributed by atoms with van der Waals surface area (Å²) in [6.07, 6.45) is 2.58. The Kier molecular flexibility index (Phi) is 3.98. The Hall–Kier alpha value is -3.08. The Morgan fingerprint density at radius 2 is 1.88 bits per heavy atom. The summed E-state index contributed by atoms with van der Waals surface area (Å²) < 4.78 is 0. The molecule has 2 heterocycles. The van der Waals surface area contributed by atoms with Gasteiger partial charge in [-0.15, -0.1) is 0 Å². The van der Waals surface area contributed by atoms with E-state index in [2.05, 4.69) is 69.6 Å². The van der Waals surface area contributed by atoms with Crippen LogP contribution in [0.5, 0.6) is 0 Å². The molecule has 5 nitrogen and oxygen atoms in total. The second-order valence-electron chi connectivity index (χ2n) is 6.33. The van der Waals surface area contributed by atoms with Gasteiger partial charge in [0.15, 0.2) is 11.6 Å². The molecule has 5 heteroatoms. The van der Waals surface area contributed by atoms with Gasteiger partial charge in [-0.2, -0.15) is 0 Å². The van der Waals surface area contributed by atoms with E-state index in [1.807, 2.05) is 6.07 Å². The lowest BCUT2D eigenvalue weighted by Gasteiger charge is -2.21. The summed E-state index contributed by atoms with van der Waals surface area (Å²) in [4.78, 5) is 10.9. The average Bonchev–Trinajstić information content (AvgIpc) is 3.06. The van der Waals surface area contributed by atoms with Gasteiger partial charge in [-0.1, -0.05) is 48.0 Å². The molecule has 0 fully saturated rings. The van der Waals surface area contributed by atoms with Crippen LogP contribution in [0.25, 0.3) is 0 Å². The van der Waals surface area contributed by atoms with Gasteiger partial charge in [0.05, 0.1) is 0 Å². The van der Waals surface area contributed by atoms with Gasteiger partial charge in [0.25, 0.3) is 0 Å². The molecule has 0 radical (unpaired) electrons. The van der Waals surface area contributed by atoms with Crippen molar-refractivity contribution in [3.63, 3.8) is 0 Å². The Bertz CT molecular complexity index is 889. The zero-order valence-electron chi connectivity index (χ0n) is 14.2. The minimum Gasteiger partial charge on any atom is -0.393 e. The van der Waals surface area contributed by atoms with Crippen molar-refractivity contribution in [2.75, 3.05) is 22.5 Å². The number of aryl methyl sites for hydroxylation is 1. The van der Waals surface area contributed by atoms with Gasteiger partial charge in [-0.3, -0.25) is 0 Å². The largest absolute Gasteiger partial charge is 0.393 e. The Morgan fingerprint density at radius 1 is 1.08 bits per heavy atom. The Labute approximate surface area is 147 Å². The number of rotatable bonds is 4. The molecule has 0 saturated heterocycles. The van der Waals surface area contributed by atoms with Gasteiger partial charge in [0, 0.05) is 18.8 Å². The minimum atomic E-state index is 0.589. The second kappa shape index (κ2) is 6.43. The highest BCUT2D eigenvalue weighted by molar-refractivity contribution is 5.81. The molecule has 4 rings (SSSR count). The lowest BCUT2D eigenvalue weighted by atomic mass is 10.1.